The SMILES string of the molecule is Cc1ccc2c(CC(=O)NC(C)c3ccc(F)c(F)c3)coc2c1. The zero-order chi connectivity index (χ0) is 17.3. The van der Waals surface area contributed by atoms with Gasteiger partial charge in [0.15, 0.2) is 11.6 Å². The minimum absolute atomic E-state index is 0.157. The van der Waals surface area contributed by atoms with Crippen LogP contribution in [0.3, 0.4) is 0 Å². The number of carbonyl (C=O) groups is 1. The van der Waals surface area contributed by atoms with Gasteiger partial charge in [-0.3, -0.25) is 4.79 Å². The smallest absolute Gasteiger partial charge is 0.225 e. The summed E-state index contributed by atoms with van der Waals surface area (Å²) in [6.45, 7) is 3.69. The summed E-state index contributed by atoms with van der Waals surface area (Å²) in [5.41, 5.74) is 3.13. The molecule has 1 amide bonds. The number of halogens is 2. The van der Waals surface area contributed by atoms with Crippen molar-refractivity contribution in [2.45, 2.75) is 26.3 Å². The highest BCUT2D eigenvalue weighted by Crippen LogP contribution is 2.23. The second kappa shape index (κ2) is 6.43. The maximum Gasteiger partial charge on any atom is 0.225 e. The van der Waals surface area contributed by atoms with Gasteiger partial charge in [0.05, 0.1) is 18.7 Å². The molecular formula is C19H17F2NO2. The van der Waals surface area contributed by atoms with Crippen LogP contribution >= 0.6 is 0 Å². The van der Waals surface area contributed by atoms with Gasteiger partial charge in [-0.1, -0.05) is 18.2 Å². The number of hydrogen-bond donors (Lipinski definition) is 1. The molecule has 1 atom stereocenters. The molecule has 124 valence electrons. The van der Waals surface area contributed by atoms with Gasteiger partial charge in [-0.2, -0.15) is 0 Å². The maximum absolute atomic E-state index is 13.3. The first-order valence-electron chi connectivity index (χ1n) is 7.65. The van der Waals surface area contributed by atoms with E-state index in [1.54, 1.807) is 13.2 Å². The summed E-state index contributed by atoms with van der Waals surface area (Å²) < 4.78 is 31.7. The molecule has 3 aromatic rings. The standard InChI is InChI=1S/C19H17F2NO2/c1-11-3-5-15-14(10-24-18(15)7-11)9-19(23)22-12(2)13-4-6-16(20)17(21)8-13/h3-8,10,12H,9H2,1-2H3,(H,22,23). The van der Waals surface area contributed by atoms with E-state index in [1.165, 1.54) is 6.07 Å². The summed E-state index contributed by atoms with van der Waals surface area (Å²) in [7, 11) is 0. The lowest BCUT2D eigenvalue weighted by molar-refractivity contribution is -0.121. The molecular weight excluding hydrogens is 312 g/mol. The Kier molecular flexibility index (Phi) is 4.34. The lowest BCUT2D eigenvalue weighted by Gasteiger charge is -2.14. The van der Waals surface area contributed by atoms with Gasteiger partial charge in [0.2, 0.25) is 5.91 Å². The van der Waals surface area contributed by atoms with E-state index in [2.05, 4.69) is 5.32 Å². The summed E-state index contributed by atoms with van der Waals surface area (Å²) in [5.74, 6) is -2.04. The third kappa shape index (κ3) is 3.30. The van der Waals surface area contributed by atoms with Crippen molar-refractivity contribution in [3.8, 4) is 0 Å². The van der Waals surface area contributed by atoms with Crippen LogP contribution in [0.5, 0.6) is 0 Å². The van der Waals surface area contributed by atoms with Crippen molar-refractivity contribution in [3.05, 3.63) is 71.0 Å². The van der Waals surface area contributed by atoms with Gasteiger partial charge in [0, 0.05) is 10.9 Å². The van der Waals surface area contributed by atoms with Crippen LogP contribution < -0.4 is 5.32 Å². The number of aryl methyl sites for hydroxylation is 1. The molecule has 0 saturated carbocycles. The maximum atomic E-state index is 13.3. The Morgan fingerprint density at radius 1 is 1.17 bits per heavy atom. The second-order valence-electron chi connectivity index (χ2n) is 5.90. The number of hydrogen-bond acceptors (Lipinski definition) is 2. The second-order valence-corrected chi connectivity index (χ2v) is 5.90. The molecule has 3 nitrogen and oxygen atoms in total. The number of amides is 1. The van der Waals surface area contributed by atoms with Gasteiger partial charge in [-0.05, 0) is 43.2 Å². The van der Waals surface area contributed by atoms with Crippen molar-refractivity contribution in [2.24, 2.45) is 0 Å². The fourth-order valence-electron chi connectivity index (χ4n) is 2.66. The average Bonchev–Trinajstić information content (AvgIpc) is 2.91. The topological polar surface area (TPSA) is 42.2 Å². The van der Waals surface area contributed by atoms with E-state index < -0.39 is 17.7 Å². The fourth-order valence-corrected chi connectivity index (χ4v) is 2.66. The Bertz CT molecular complexity index is 902. The van der Waals surface area contributed by atoms with E-state index in [0.717, 1.165) is 34.2 Å². The zero-order valence-electron chi connectivity index (χ0n) is 13.4. The molecule has 2 aromatic carbocycles. The van der Waals surface area contributed by atoms with Crippen molar-refractivity contribution in [1.29, 1.82) is 0 Å². The summed E-state index contributed by atoms with van der Waals surface area (Å²) in [6.07, 6.45) is 1.73. The Balaban J connectivity index is 1.71. The summed E-state index contributed by atoms with van der Waals surface area (Å²) >= 11 is 0. The Morgan fingerprint density at radius 2 is 1.96 bits per heavy atom. The van der Waals surface area contributed by atoms with Gasteiger partial charge in [-0.25, -0.2) is 8.78 Å². The van der Waals surface area contributed by atoms with Crippen LogP contribution in [0.2, 0.25) is 0 Å². The van der Waals surface area contributed by atoms with Gasteiger partial charge in [0.1, 0.15) is 5.58 Å². The van der Waals surface area contributed by atoms with Gasteiger partial charge < -0.3 is 9.73 Å². The normalized spacial score (nSPS) is 12.3. The third-order valence-electron chi connectivity index (χ3n) is 3.98. The average molecular weight is 329 g/mol. The van der Waals surface area contributed by atoms with Gasteiger partial charge >= 0.3 is 0 Å². The number of nitrogens with one attached hydrogen (secondary N) is 1. The number of rotatable bonds is 4. The van der Waals surface area contributed by atoms with Crippen LogP contribution in [0.25, 0.3) is 11.0 Å². The summed E-state index contributed by atoms with van der Waals surface area (Å²) in [4.78, 5) is 12.2. The van der Waals surface area contributed by atoms with Crippen LogP contribution in [0, 0.1) is 18.6 Å². The first-order valence-corrected chi connectivity index (χ1v) is 7.65. The van der Waals surface area contributed by atoms with E-state index in [1.807, 2.05) is 25.1 Å². The molecule has 3 rings (SSSR count). The highest BCUT2D eigenvalue weighted by Gasteiger charge is 2.15. The minimum Gasteiger partial charge on any atom is -0.464 e. The number of furan rings is 1. The molecule has 24 heavy (non-hydrogen) atoms. The number of benzene rings is 2. The van der Waals surface area contributed by atoms with Crippen molar-refractivity contribution < 1.29 is 18.0 Å². The van der Waals surface area contributed by atoms with E-state index >= 15 is 0 Å². The molecule has 0 spiro atoms. The van der Waals surface area contributed by atoms with E-state index in [0.29, 0.717) is 5.56 Å². The fraction of sp³-hybridized carbons (Fsp3) is 0.211. The van der Waals surface area contributed by atoms with Crippen molar-refractivity contribution in [2.75, 3.05) is 0 Å². The predicted octanol–water partition coefficient (Wildman–Crippen LogP) is 4.44. The van der Waals surface area contributed by atoms with E-state index in [4.69, 9.17) is 4.42 Å². The summed E-state index contributed by atoms with van der Waals surface area (Å²) in [5, 5.41) is 3.69. The molecule has 1 heterocycles. The molecule has 5 heteroatoms. The molecule has 0 aliphatic carbocycles. The molecule has 1 N–H and O–H groups in total. The molecule has 0 aliphatic heterocycles. The van der Waals surface area contributed by atoms with E-state index in [-0.39, 0.29) is 12.3 Å². The number of fused-ring (bicyclic) bond motifs is 1. The van der Waals surface area contributed by atoms with Gasteiger partial charge in [0.25, 0.3) is 0 Å². The molecule has 1 aromatic heterocycles. The highest BCUT2D eigenvalue weighted by atomic mass is 19.2. The first-order chi connectivity index (χ1) is 11.4. The van der Waals surface area contributed by atoms with E-state index in [9.17, 15) is 13.6 Å². The van der Waals surface area contributed by atoms with Crippen LogP contribution in [0.15, 0.2) is 47.1 Å². The van der Waals surface area contributed by atoms with Crippen molar-refractivity contribution in [3.63, 3.8) is 0 Å². The molecule has 0 bridgehead atoms. The lowest BCUT2D eigenvalue weighted by atomic mass is 10.1. The van der Waals surface area contributed by atoms with Crippen LogP contribution in [0.1, 0.15) is 29.7 Å². The van der Waals surface area contributed by atoms with Crippen molar-refractivity contribution in [1.82, 2.24) is 5.32 Å². The number of carbonyl (C=O) groups excluding carboxylic acids is 1. The highest BCUT2D eigenvalue weighted by molar-refractivity contribution is 5.88. The predicted molar refractivity (Wildman–Crippen MR) is 87.6 cm³/mol. The van der Waals surface area contributed by atoms with Crippen LogP contribution in [0.4, 0.5) is 8.78 Å². The lowest BCUT2D eigenvalue weighted by Crippen LogP contribution is -2.28. The summed E-state index contributed by atoms with van der Waals surface area (Å²) in [6, 6.07) is 8.99. The quantitative estimate of drug-likeness (QED) is 0.769. The van der Waals surface area contributed by atoms with Crippen molar-refractivity contribution >= 4 is 16.9 Å². The Hall–Kier alpha value is -2.69. The third-order valence-corrected chi connectivity index (χ3v) is 3.98. The Labute approximate surface area is 138 Å². The first kappa shape index (κ1) is 16.2. The van der Waals surface area contributed by atoms with Crippen LogP contribution in [-0.4, -0.2) is 5.91 Å². The monoisotopic (exact) mass is 329 g/mol. The zero-order valence-corrected chi connectivity index (χ0v) is 13.4. The Morgan fingerprint density at radius 3 is 2.71 bits per heavy atom. The van der Waals surface area contributed by atoms with Gasteiger partial charge in [-0.15, -0.1) is 0 Å². The molecule has 1 unspecified atom stereocenters. The molecule has 0 fully saturated rings. The van der Waals surface area contributed by atoms with Crippen LogP contribution in [-0.2, 0) is 11.2 Å². The molecule has 0 aliphatic rings. The largest absolute Gasteiger partial charge is 0.464 e. The molecule has 0 radical (unpaired) electrons. The minimum atomic E-state index is -0.926. The molecule has 0 saturated heterocycles.